The van der Waals surface area contributed by atoms with Gasteiger partial charge in [-0.25, -0.2) is 0 Å². The smallest absolute Gasteiger partial charge is 0.137 e. The van der Waals surface area contributed by atoms with Crippen LogP contribution in [0.15, 0.2) is 23.3 Å². The maximum Gasteiger partial charge on any atom is 0.137 e. The molecule has 0 saturated carbocycles. The number of carbonyl (C=O) groups excluding carboxylic acids is 1. The van der Waals surface area contributed by atoms with E-state index in [-0.39, 0.29) is 5.92 Å². The number of carbonyl (C=O) groups is 1. The van der Waals surface area contributed by atoms with E-state index in [0.717, 1.165) is 6.42 Å². The van der Waals surface area contributed by atoms with Crippen LogP contribution in [-0.2, 0) is 4.79 Å². The Morgan fingerprint density at radius 3 is 2.54 bits per heavy atom. The van der Waals surface area contributed by atoms with Gasteiger partial charge in [-0.2, -0.15) is 0 Å². The summed E-state index contributed by atoms with van der Waals surface area (Å²) in [5, 5.41) is 0. The van der Waals surface area contributed by atoms with E-state index in [2.05, 4.69) is 26.0 Å². The van der Waals surface area contributed by atoms with E-state index in [0.29, 0.717) is 11.7 Å². The van der Waals surface area contributed by atoms with E-state index in [4.69, 9.17) is 0 Å². The van der Waals surface area contributed by atoms with Crippen molar-refractivity contribution in [2.45, 2.75) is 34.1 Å². The summed E-state index contributed by atoms with van der Waals surface area (Å²) in [6.07, 6.45) is 5.18. The Labute approximate surface area is 80.5 Å². The Hall–Kier alpha value is -0.850. The molecule has 1 nitrogen and oxygen atoms in total. The molecule has 72 valence electrons. The summed E-state index contributed by atoms with van der Waals surface area (Å²) >= 11 is 0. The first-order valence-corrected chi connectivity index (χ1v) is 4.90. The molecule has 0 fully saturated rings. The van der Waals surface area contributed by atoms with Crippen LogP contribution in [0.2, 0.25) is 0 Å². The van der Waals surface area contributed by atoms with Gasteiger partial charge in [-0.1, -0.05) is 37.1 Å². The number of ketones is 1. The van der Waals surface area contributed by atoms with E-state index in [9.17, 15) is 4.79 Å². The van der Waals surface area contributed by atoms with Crippen LogP contribution in [0.1, 0.15) is 34.1 Å². The second kappa shape index (κ2) is 3.91. The van der Waals surface area contributed by atoms with Gasteiger partial charge in [0.2, 0.25) is 0 Å². The van der Waals surface area contributed by atoms with Gasteiger partial charge >= 0.3 is 0 Å². The van der Waals surface area contributed by atoms with Gasteiger partial charge in [-0.15, -0.1) is 0 Å². The fraction of sp³-hybridized carbons (Fsp3) is 0.583. The zero-order chi connectivity index (χ0) is 10.0. The Morgan fingerprint density at radius 2 is 2.08 bits per heavy atom. The third-order valence-electron chi connectivity index (χ3n) is 2.78. The van der Waals surface area contributed by atoms with Crippen LogP contribution in [0.5, 0.6) is 0 Å². The first kappa shape index (κ1) is 10.2. The van der Waals surface area contributed by atoms with Crippen LogP contribution in [-0.4, -0.2) is 5.78 Å². The van der Waals surface area contributed by atoms with Crippen molar-refractivity contribution in [2.75, 3.05) is 0 Å². The highest BCUT2D eigenvalue weighted by molar-refractivity contribution is 5.81. The summed E-state index contributed by atoms with van der Waals surface area (Å²) in [7, 11) is 0. The average molecular weight is 178 g/mol. The molecule has 0 radical (unpaired) electrons. The Balaban J connectivity index is 2.83. The van der Waals surface area contributed by atoms with Gasteiger partial charge in [0.25, 0.3) is 0 Å². The predicted molar refractivity (Wildman–Crippen MR) is 55.5 cm³/mol. The molecule has 0 aliphatic heterocycles. The van der Waals surface area contributed by atoms with Gasteiger partial charge in [0.1, 0.15) is 5.78 Å². The lowest BCUT2D eigenvalue weighted by Crippen LogP contribution is -2.17. The second-order valence-electron chi connectivity index (χ2n) is 4.17. The summed E-state index contributed by atoms with van der Waals surface area (Å²) in [6.45, 7) is 8.08. The second-order valence-corrected chi connectivity index (χ2v) is 4.17. The molecule has 0 spiro atoms. The zero-order valence-corrected chi connectivity index (χ0v) is 8.92. The van der Waals surface area contributed by atoms with Crippen LogP contribution in [0.4, 0.5) is 0 Å². The number of rotatable bonds is 2. The maximum atomic E-state index is 11.3. The standard InChI is InChI=1S/C12H18O/c1-8(2)11-6-5-9(3)12(7-11)10(4)13/h5-6,8,12H,7H2,1-4H3. The fourth-order valence-corrected chi connectivity index (χ4v) is 1.71. The molecular weight excluding hydrogens is 160 g/mol. The summed E-state index contributed by atoms with van der Waals surface area (Å²) in [4.78, 5) is 11.3. The van der Waals surface area contributed by atoms with Crippen LogP contribution in [0, 0.1) is 11.8 Å². The SMILES string of the molecule is CC(=O)C1CC(C(C)C)=CC=C1C. The summed E-state index contributed by atoms with van der Waals surface area (Å²) in [6, 6.07) is 0. The first-order valence-electron chi connectivity index (χ1n) is 4.90. The summed E-state index contributed by atoms with van der Waals surface area (Å²) < 4.78 is 0. The predicted octanol–water partition coefficient (Wildman–Crippen LogP) is 3.12. The molecule has 1 atom stereocenters. The quantitative estimate of drug-likeness (QED) is 0.635. The minimum absolute atomic E-state index is 0.141. The van der Waals surface area contributed by atoms with Crippen LogP contribution in [0.25, 0.3) is 0 Å². The molecule has 1 heteroatoms. The Morgan fingerprint density at radius 1 is 1.46 bits per heavy atom. The van der Waals surface area contributed by atoms with Crippen molar-refractivity contribution in [1.82, 2.24) is 0 Å². The molecule has 1 aliphatic carbocycles. The number of hydrogen-bond donors (Lipinski definition) is 0. The number of allylic oxidation sites excluding steroid dienone is 4. The molecule has 1 aliphatic rings. The van der Waals surface area contributed by atoms with Crippen molar-refractivity contribution in [3.63, 3.8) is 0 Å². The highest BCUT2D eigenvalue weighted by Gasteiger charge is 2.21. The number of hydrogen-bond acceptors (Lipinski definition) is 1. The van der Waals surface area contributed by atoms with Gasteiger partial charge in [0.15, 0.2) is 0 Å². The molecule has 1 rings (SSSR count). The third-order valence-corrected chi connectivity index (χ3v) is 2.78. The van der Waals surface area contributed by atoms with Crippen LogP contribution >= 0.6 is 0 Å². The third kappa shape index (κ3) is 2.30. The molecule has 0 aromatic heterocycles. The maximum absolute atomic E-state index is 11.3. The van der Waals surface area contributed by atoms with Crippen molar-refractivity contribution in [2.24, 2.45) is 11.8 Å². The molecule has 0 saturated heterocycles. The fourth-order valence-electron chi connectivity index (χ4n) is 1.71. The molecule has 13 heavy (non-hydrogen) atoms. The Kier molecular flexibility index (Phi) is 3.07. The normalized spacial score (nSPS) is 22.7. The topological polar surface area (TPSA) is 17.1 Å². The van der Waals surface area contributed by atoms with E-state index in [1.165, 1.54) is 11.1 Å². The minimum Gasteiger partial charge on any atom is -0.299 e. The lowest BCUT2D eigenvalue weighted by molar-refractivity contribution is -0.119. The van der Waals surface area contributed by atoms with Gasteiger partial charge in [-0.3, -0.25) is 4.79 Å². The minimum atomic E-state index is 0.141. The van der Waals surface area contributed by atoms with E-state index < -0.39 is 0 Å². The van der Waals surface area contributed by atoms with Gasteiger partial charge in [-0.05, 0) is 26.2 Å². The molecular formula is C12H18O. The molecule has 1 unspecified atom stereocenters. The van der Waals surface area contributed by atoms with Crippen molar-refractivity contribution >= 4 is 5.78 Å². The van der Waals surface area contributed by atoms with Gasteiger partial charge in [0.05, 0.1) is 0 Å². The van der Waals surface area contributed by atoms with Crippen molar-refractivity contribution in [3.05, 3.63) is 23.3 Å². The average Bonchev–Trinajstić information content (AvgIpc) is 2.04. The van der Waals surface area contributed by atoms with Crippen molar-refractivity contribution < 1.29 is 4.79 Å². The molecule has 0 aromatic rings. The summed E-state index contributed by atoms with van der Waals surface area (Å²) in [5.74, 6) is 0.994. The monoisotopic (exact) mass is 178 g/mol. The Bertz CT molecular complexity index is 269. The van der Waals surface area contributed by atoms with Gasteiger partial charge in [0, 0.05) is 5.92 Å². The molecule has 0 amide bonds. The van der Waals surface area contributed by atoms with Gasteiger partial charge < -0.3 is 0 Å². The number of Topliss-reactive ketones (excluding diaryl/α,β-unsaturated/α-hetero) is 1. The lowest BCUT2D eigenvalue weighted by Gasteiger charge is -2.22. The van der Waals surface area contributed by atoms with E-state index in [1.807, 2.05) is 6.92 Å². The van der Waals surface area contributed by atoms with Crippen LogP contribution < -0.4 is 0 Å². The lowest BCUT2D eigenvalue weighted by atomic mass is 9.82. The van der Waals surface area contributed by atoms with Crippen molar-refractivity contribution in [1.29, 1.82) is 0 Å². The van der Waals surface area contributed by atoms with E-state index in [1.54, 1.807) is 6.92 Å². The molecule has 0 N–H and O–H groups in total. The highest BCUT2D eigenvalue weighted by atomic mass is 16.1. The largest absolute Gasteiger partial charge is 0.299 e. The van der Waals surface area contributed by atoms with Crippen molar-refractivity contribution in [3.8, 4) is 0 Å². The molecule has 0 bridgehead atoms. The van der Waals surface area contributed by atoms with E-state index >= 15 is 0 Å². The highest BCUT2D eigenvalue weighted by Crippen LogP contribution is 2.29. The first-order chi connectivity index (χ1) is 6.02. The van der Waals surface area contributed by atoms with Crippen LogP contribution in [0.3, 0.4) is 0 Å². The molecule has 0 heterocycles. The summed E-state index contributed by atoms with van der Waals surface area (Å²) in [5.41, 5.74) is 2.60. The zero-order valence-electron chi connectivity index (χ0n) is 8.92. The molecule has 0 aromatic carbocycles.